The molecule has 2 N–H and O–H groups in total. The van der Waals surface area contributed by atoms with Gasteiger partial charge in [-0.2, -0.15) is 5.10 Å². The van der Waals surface area contributed by atoms with E-state index in [1.165, 1.54) is 22.2 Å². The number of nitrogens with zero attached hydrogens (tertiary/aromatic N) is 4. The summed E-state index contributed by atoms with van der Waals surface area (Å²) in [6.45, 7) is -0.518. The smallest absolute Gasteiger partial charge is 0.404 e. The average Bonchev–Trinajstić information content (AvgIpc) is 3.01. The van der Waals surface area contributed by atoms with Crippen LogP contribution in [0.2, 0.25) is 0 Å². The lowest BCUT2D eigenvalue weighted by atomic mass is 10.3. The van der Waals surface area contributed by atoms with Crippen LogP contribution in [0.5, 0.6) is 0 Å². The average molecular weight is 378 g/mol. The van der Waals surface area contributed by atoms with Gasteiger partial charge < -0.3 is 10.5 Å². The van der Waals surface area contributed by atoms with E-state index in [4.69, 9.17) is 5.73 Å². The molecule has 0 aromatic carbocycles. The number of hydrogen-bond acceptors (Lipinski definition) is 6. The van der Waals surface area contributed by atoms with Crippen molar-refractivity contribution in [3.8, 4) is 5.13 Å². The molecule has 0 atom stereocenters. The van der Waals surface area contributed by atoms with Gasteiger partial charge >= 0.3 is 11.8 Å². The lowest BCUT2D eigenvalue weighted by Gasteiger charge is -2.04. The molecule has 2 rings (SSSR count). The summed E-state index contributed by atoms with van der Waals surface area (Å²) in [5, 5.41) is 4.28. The summed E-state index contributed by atoms with van der Waals surface area (Å²) in [6.07, 6.45) is 2.05. The SMILES string of the molecule is NC(=O)OC/C(=C/F)Cn1ncn(-c2ncc(Br)s2)c1=O. The van der Waals surface area contributed by atoms with Crippen LogP contribution in [0.1, 0.15) is 0 Å². The Kier molecular flexibility index (Phi) is 4.85. The Morgan fingerprint density at radius 3 is 2.95 bits per heavy atom. The minimum atomic E-state index is -1.03. The second kappa shape index (κ2) is 6.63. The molecule has 0 spiro atoms. The van der Waals surface area contributed by atoms with Crippen LogP contribution in [-0.4, -0.2) is 32.0 Å². The van der Waals surface area contributed by atoms with Gasteiger partial charge in [-0.25, -0.2) is 28.2 Å². The first kappa shape index (κ1) is 15.4. The van der Waals surface area contributed by atoms with E-state index >= 15 is 0 Å². The zero-order valence-electron chi connectivity index (χ0n) is 10.4. The summed E-state index contributed by atoms with van der Waals surface area (Å²) in [5.74, 6) is 0. The number of nitrogens with two attached hydrogens (primary N) is 1. The largest absolute Gasteiger partial charge is 0.445 e. The fourth-order valence-electron chi connectivity index (χ4n) is 1.40. The molecule has 11 heteroatoms. The molecule has 2 aromatic rings. The van der Waals surface area contributed by atoms with E-state index in [1.807, 2.05) is 0 Å². The molecule has 112 valence electrons. The second-order valence-corrected chi connectivity index (χ2v) is 6.15. The predicted molar refractivity (Wildman–Crippen MR) is 75.9 cm³/mol. The third-order valence-electron chi connectivity index (χ3n) is 2.31. The number of carbonyl (C=O) groups is 1. The normalized spacial score (nSPS) is 11.6. The van der Waals surface area contributed by atoms with Gasteiger partial charge in [-0.15, -0.1) is 0 Å². The minimum absolute atomic E-state index is 0.0430. The van der Waals surface area contributed by atoms with Crippen molar-refractivity contribution in [3.05, 3.63) is 38.7 Å². The Morgan fingerprint density at radius 2 is 2.38 bits per heavy atom. The van der Waals surface area contributed by atoms with Crippen LogP contribution in [0.4, 0.5) is 9.18 Å². The van der Waals surface area contributed by atoms with E-state index in [2.05, 4.69) is 30.7 Å². The first-order valence-electron chi connectivity index (χ1n) is 5.47. The molecule has 1 amide bonds. The van der Waals surface area contributed by atoms with Crippen LogP contribution in [0, 0.1) is 0 Å². The maximum atomic E-state index is 12.7. The highest BCUT2D eigenvalue weighted by Gasteiger charge is 2.12. The molecule has 0 aliphatic rings. The lowest BCUT2D eigenvalue weighted by molar-refractivity contribution is 0.164. The second-order valence-electron chi connectivity index (χ2n) is 3.76. The van der Waals surface area contributed by atoms with Gasteiger partial charge in [0.15, 0.2) is 5.13 Å². The van der Waals surface area contributed by atoms with Gasteiger partial charge in [-0.3, -0.25) is 0 Å². The zero-order chi connectivity index (χ0) is 15.4. The molecule has 0 saturated carbocycles. The molecular formula is C10H9BrFN5O3S. The Labute approximate surface area is 129 Å². The number of ether oxygens (including phenoxy) is 1. The highest BCUT2D eigenvalue weighted by Crippen LogP contribution is 2.20. The molecule has 2 heterocycles. The van der Waals surface area contributed by atoms with Crippen molar-refractivity contribution < 1.29 is 13.9 Å². The van der Waals surface area contributed by atoms with E-state index in [0.717, 1.165) is 8.47 Å². The number of carbonyl (C=O) groups excluding carboxylic acids is 1. The van der Waals surface area contributed by atoms with E-state index in [9.17, 15) is 14.0 Å². The van der Waals surface area contributed by atoms with E-state index < -0.39 is 11.8 Å². The number of thiazole rings is 1. The van der Waals surface area contributed by atoms with Gasteiger partial charge in [0.25, 0.3) is 0 Å². The van der Waals surface area contributed by atoms with E-state index in [1.54, 1.807) is 6.20 Å². The highest BCUT2D eigenvalue weighted by atomic mass is 79.9. The molecule has 0 unspecified atom stereocenters. The number of halogens is 2. The van der Waals surface area contributed by atoms with Crippen LogP contribution in [0.15, 0.2) is 33.0 Å². The monoisotopic (exact) mass is 377 g/mol. The maximum Gasteiger partial charge on any atom is 0.404 e. The summed E-state index contributed by atoms with van der Waals surface area (Å²) in [6, 6.07) is 0. The zero-order valence-corrected chi connectivity index (χ0v) is 12.8. The third kappa shape index (κ3) is 3.76. The van der Waals surface area contributed by atoms with Crippen molar-refractivity contribution in [1.82, 2.24) is 19.3 Å². The number of hydrogen-bond donors (Lipinski definition) is 1. The van der Waals surface area contributed by atoms with Gasteiger partial charge in [0.05, 0.1) is 22.9 Å². The molecule has 0 aliphatic carbocycles. The summed E-state index contributed by atoms with van der Waals surface area (Å²) < 4.78 is 20.2. The number of primary amides is 1. The van der Waals surface area contributed by atoms with Gasteiger partial charge in [0, 0.05) is 5.57 Å². The first-order chi connectivity index (χ1) is 10.0. The Hall–Kier alpha value is -2.01. The van der Waals surface area contributed by atoms with Gasteiger partial charge in [-0.1, -0.05) is 11.3 Å². The molecule has 21 heavy (non-hydrogen) atoms. The van der Waals surface area contributed by atoms with Crippen molar-refractivity contribution >= 4 is 33.4 Å². The molecule has 8 nitrogen and oxygen atoms in total. The van der Waals surface area contributed by atoms with Gasteiger partial charge in [-0.05, 0) is 15.9 Å². The topological polar surface area (TPSA) is 105 Å². The quantitative estimate of drug-likeness (QED) is 0.842. The van der Waals surface area contributed by atoms with Crippen LogP contribution >= 0.6 is 27.3 Å². The molecule has 0 saturated heterocycles. The molecular weight excluding hydrogens is 369 g/mol. The molecule has 0 bridgehead atoms. The molecule has 0 radical (unpaired) electrons. The van der Waals surface area contributed by atoms with Gasteiger partial charge in [0.2, 0.25) is 0 Å². The van der Waals surface area contributed by atoms with Crippen molar-refractivity contribution in [2.75, 3.05) is 6.61 Å². The molecule has 2 aromatic heterocycles. The van der Waals surface area contributed by atoms with Crippen molar-refractivity contribution in [3.63, 3.8) is 0 Å². The summed E-state index contributed by atoms with van der Waals surface area (Å²) in [5.41, 5.74) is 4.34. The van der Waals surface area contributed by atoms with Crippen molar-refractivity contribution in [2.45, 2.75) is 6.54 Å². The van der Waals surface area contributed by atoms with Crippen molar-refractivity contribution in [1.29, 1.82) is 0 Å². The molecule has 0 fully saturated rings. The van der Waals surface area contributed by atoms with E-state index in [0.29, 0.717) is 5.13 Å². The number of aromatic nitrogens is 4. The lowest BCUT2D eigenvalue weighted by Crippen LogP contribution is -2.26. The van der Waals surface area contributed by atoms with E-state index in [-0.39, 0.29) is 25.1 Å². The fraction of sp³-hybridized carbons (Fsp3) is 0.200. The fourth-order valence-corrected chi connectivity index (χ4v) is 2.55. The number of rotatable bonds is 5. The maximum absolute atomic E-state index is 12.7. The Morgan fingerprint density at radius 1 is 1.62 bits per heavy atom. The van der Waals surface area contributed by atoms with Crippen LogP contribution in [-0.2, 0) is 11.3 Å². The van der Waals surface area contributed by atoms with Crippen LogP contribution < -0.4 is 11.4 Å². The summed E-state index contributed by atoms with van der Waals surface area (Å²) in [4.78, 5) is 26.6. The van der Waals surface area contributed by atoms with Crippen molar-refractivity contribution in [2.24, 2.45) is 5.73 Å². The molecule has 0 aliphatic heterocycles. The highest BCUT2D eigenvalue weighted by molar-refractivity contribution is 9.11. The van der Waals surface area contributed by atoms with Crippen LogP contribution in [0.3, 0.4) is 0 Å². The standard InChI is InChI=1S/C10H9BrFN5O3S/c11-7-2-14-9(21-7)16-5-15-17(10(16)19)3-6(1-12)4-20-8(13)18/h1-2,5H,3-4H2,(H2,13,18)/b6-1+. The summed E-state index contributed by atoms with van der Waals surface area (Å²) >= 11 is 4.49. The Bertz CT molecular complexity index is 737. The summed E-state index contributed by atoms with van der Waals surface area (Å²) in [7, 11) is 0. The first-order valence-corrected chi connectivity index (χ1v) is 7.08. The Balaban J connectivity index is 2.17. The predicted octanol–water partition coefficient (Wildman–Crippen LogP) is 1.20. The number of amides is 1. The third-order valence-corrected chi connectivity index (χ3v) is 3.79. The minimum Gasteiger partial charge on any atom is -0.445 e. The van der Waals surface area contributed by atoms with Gasteiger partial charge in [0.1, 0.15) is 12.9 Å². The van der Waals surface area contributed by atoms with Crippen LogP contribution in [0.25, 0.3) is 5.13 Å².